The summed E-state index contributed by atoms with van der Waals surface area (Å²) in [7, 11) is 0. The van der Waals surface area contributed by atoms with Crippen LogP contribution in [0.1, 0.15) is 31.7 Å². The second-order valence-electron chi connectivity index (χ2n) is 6.38. The highest BCUT2D eigenvalue weighted by molar-refractivity contribution is 5.88. The second-order valence-corrected chi connectivity index (χ2v) is 6.38. The van der Waals surface area contributed by atoms with Crippen molar-refractivity contribution in [3.63, 3.8) is 0 Å². The van der Waals surface area contributed by atoms with Gasteiger partial charge in [-0.3, -0.25) is 4.79 Å². The smallest absolute Gasteiger partial charge is 0.224 e. The lowest BCUT2D eigenvalue weighted by molar-refractivity contribution is -0.905. The van der Waals surface area contributed by atoms with E-state index < -0.39 is 0 Å². The van der Waals surface area contributed by atoms with Crippen molar-refractivity contribution in [1.29, 1.82) is 0 Å². The van der Waals surface area contributed by atoms with E-state index in [9.17, 15) is 4.79 Å². The number of quaternary nitrogens is 1. The topological polar surface area (TPSA) is 49.3 Å². The van der Waals surface area contributed by atoms with Gasteiger partial charge in [-0.15, -0.1) is 0 Å². The fraction of sp³-hybridized carbons (Fsp3) is 0.500. The zero-order chi connectivity index (χ0) is 15.4. The first-order valence-corrected chi connectivity index (χ1v) is 8.44. The zero-order valence-electron chi connectivity index (χ0n) is 13.3. The number of piperidine rings is 1. The number of likely N-dealkylation sites (tertiary alicyclic amines) is 1. The van der Waals surface area contributed by atoms with Crippen LogP contribution in [0.2, 0.25) is 0 Å². The molecule has 1 aromatic carbocycles. The van der Waals surface area contributed by atoms with E-state index in [0.717, 1.165) is 29.3 Å². The van der Waals surface area contributed by atoms with Gasteiger partial charge < -0.3 is 15.2 Å². The number of para-hydroxylation sites is 1. The van der Waals surface area contributed by atoms with Crippen molar-refractivity contribution in [2.24, 2.45) is 0 Å². The molecule has 0 spiro atoms. The van der Waals surface area contributed by atoms with Gasteiger partial charge in [0.1, 0.15) is 0 Å². The Morgan fingerprint density at radius 1 is 1.32 bits per heavy atom. The van der Waals surface area contributed by atoms with Crippen LogP contribution in [0.25, 0.3) is 10.9 Å². The van der Waals surface area contributed by atoms with Crippen molar-refractivity contribution in [3.8, 4) is 0 Å². The van der Waals surface area contributed by atoms with Crippen LogP contribution in [0, 0.1) is 0 Å². The van der Waals surface area contributed by atoms with E-state index in [1.54, 1.807) is 4.90 Å². The van der Waals surface area contributed by atoms with Gasteiger partial charge in [-0.2, -0.15) is 0 Å². The third-order valence-electron chi connectivity index (χ3n) is 4.69. The number of hydrogen-bond donors (Lipinski definition) is 3. The minimum Gasteiger partial charge on any atom is -0.361 e. The summed E-state index contributed by atoms with van der Waals surface area (Å²) in [6.45, 7) is 5.87. The van der Waals surface area contributed by atoms with Crippen LogP contribution >= 0.6 is 0 Å². The van der Waals surface area contributed by atoms with Crippen LogP contribution in [0.3, 0.4) is 0 Å². The third-order valence-corrected chi connectivity index (χ3v) is 4.69. The number of hydrogen-bond acceptors (Lipinski definition) is 1. The van der Waals surface area contributed by atoms with Crippen molar-refractivity contribution in [2.45, 2.75) is 38.6 Å². The van der Waals surface area contributed by atoms with Gasteiger partial charge in [0.25, 0.3) is 0 Å². The van der Waals surface area contributed by atoms with Crippen molar-refractivity contribution >= 4 is 16.8 Å². The fourth-order valence-corrected chi connectivity index (χ4v) is 3.50. The molecule has 1 aliphatic rings. The maximum Gasteiger partial charge on any atom is 0.224 e. The molecule has 22 heavy (non-hydrogen) atoms. The quantitative estimate of drug-likeness (QED) is 0.765. The second kappa shape index (κ2) is 6.97. The Morgan fingerprint density at radius 2 is 2.09 bits per heavy atom. The molecule has 3 N–H and O–H groups in total. The van der Waals surface area contributed by atoms with Gasteiger partial charge in [0.2, 0.25) is 5.91 Å². The number of nitrogens with one attached hydrogen (secondary N) is 3. The molecule has 0 saturated carbocycles. The lowest BCUT2D eigenvalue weighted by Crippen LogP contribution is -3.13. The molecule has 3 rings (SSSR count). The minimum atomic E-state index is 0.147. The Hall–Kier alpha value is -1.81. The number of fused-ring (bicyclic) bond motifs is 1. The van der Waals surface area contributed by atoms with E-state index in [0.29, 0.717) is 12.5 Å². The lowest BCUT2D eigenvalue weighted by Gasteiger charge is -2.29. The number of H-pyrrole nitrogens is 1. The Bertz CT molecular complexity index is 626. The SMILES string of the molecule is CCC[NH+]1CCC(NC(=O)Cc2c[nH]c3ccccc23)CC1. The number of carbonyl (C=O) groups is 1. The first-order chi connectivity index (χ1) is 10.8. The Kier molecular flexibility index (Phi) is 4.78. The van der Waals surface area contributed by atoms with Crippen LogP contribution in [0.5, 0.6) is 0 Å². The largest absolute Gasteiger partial charge is 0.361 e. The van der Waals surface area contributed by atoms with Gasteiger partial charge >= 0.3 is 0 Å². The summed E-state index contributed by atoms with van der Waals surface area (Å²) in [6, 6.07) is 8.50. The molecule has 0 aliphatic carbocycles. The van der Waals surface area contributed by atoms with Crippen LogP contribution in [0.4, 0.5) is 0 Å². The molecule has 0 unspecified atom stereocenters. The van der Waals surface area contributed by atoms with Gasteiger partial charge in [0.15, 0.2) is 0 Å². The summed E-state index contributed by atoms with van der Waals surface area (Å²) >= 11 is 0. The standard InChI is InChI=1S/C18H25N3O/c1-2-9-21-10-7-15(8-11-21)20-18(22)12-14-13-19-17-6-4-3-5-16(14)17/h3-6,13,15,19H,2,7-12H2,1H3,(H,20,22)/p+1. The molecule has 0 atom stereocenters. The molecule has 0 bridgehead atoms. The molecule has 0 radical (unpaired) electrons. The van der Waals surface area contributed by atoms with Crippen molar-refractivity contribution in [3.05, 3.63) is 36.0 Å². The van der Waals surface area contributed by atoms with E-state index in [-0.39, 0.29) is 5.91 Å². The van der Waals surface area contributed by atoms with Gasteiger partial charge in [0.05, 0.1) is 26.1 Å². The molecule has 118 valence electrons. The predicted molar refractivity (Wildman–Crippen MR) is 89.0 cm³/mol. The molecule has 1 aromatic heterocycles. The molecule has 4 heteroatoms. The van der Waals surface area contributed by atoms with Crippen LogP contribution < -0.4 is 10.2 Å². The summed E-state index contributed by atoms with van der Waals surface area (Å²) in [4.78, 5) is 17.2. The fourth-order valence-electron chi connectivity index (χ4n) is 3.50. The Morgan fingerprint density at radius 3 is 2.86 bits per heavy atom. The summed E-state index contributed by atoms with van der Waals surface area (Å²) in [5.74, 6) is 0.147. The molecule has 1 fully saturated rings. The molecule has 4 nitrogen and oxygen atoms in total. The first-order valence-electron chi connectivity index (χ1n) is 8.44. The number of aromatic nitrogens is 1. The van der Waals surface area contributed by atoms with Crippen molar-refractivity contribution < 1.29 is 9.69 Å². The van der Waals surface area contributed by atoms with Crippen LogP contribution in [-0.4, -0.2) is 36.6 Å². The first kappa shape index (κ1) is 15.1. The van der Waals surface area contributed by atoms with Gasteiger partial charge in [-0.05, 0) is 18.1 Å². The Labute approximate surface area is 131 Å². The number of benzene rings is 1. The maximum atomic E-state index is 12.3. The summed E-state index contributed by atoms with van der Waals surface area (Å²) in [6.07, 6.45) is 5.88. The van der Waals surface area contributed by atoms with E-state index in [1.165, 1.54) is 26.1 Å². The van der Waals surface area contributed by atoms with Gasteiger partial charge in [0, 0.05) is 36.0 Å². The third kappa shape index (κ3) is 3.50. The van der Waals surface area contributed by atoms with E-state index >= 15 is 0 Å². The van der Waals surface area contributed by atoms with E-state index in [1.807, 2.05) is 24.4 Å². The number of rotatable bonds is 5. The highest BCUT2D eigenvalue weighted by atomic mass is 16.1. The normalized spacial score (nSPS) is 21.9. The molecule has 1 saturated heterocycles. The highest BCUT2D eigenvalue weighted by Gasteiger charge is 2.22. The summed E-state index contributed by atoms with van der Waals surface area (Å²) < 4.78 is 0. The summed E-state index contributed by atoms with van der Waals surface area (Å²) in [5, 5.41) is 4.37. The lowest BCUT2D eigenvalue weighted by atomic mass is 10.0. The van der Waals surface area contributed by atoms with E-state index in [4.69, 9.17) is 0 Å². The molecule has 1 amide bonds. The average molecular weight is 300 g/mol. The van der Waals surface area contributed by atoms with E-state index in [2.05, 4.69) is 23.3 Å². The number of amides is 1. The average Bonchev–Trinajstić information content (AvgIpc) is 2.93. The maximum absolute atomic E-state index is 12.3. The molecule has 2 aromatic rings. The van der Waals surface area contributed by atoms with Crippen LogP contribution in [-0.2, 0) is 11.2 Å². The van der Waals surface area contributed by atoms with Gasteiger partial charge in [-0.1, -0.05) is 25.1 Å². The number of carbonyl (C=O) groups excluding carboxylic acids is 1. The highest BCUT2D eigenvalue weighted by Crippen LogP contribution is 2.18. The summed E-state index contributed by atoms with van der Waals surface area (Å²) in [5.41, 5.74) is 2.18. The van der Waals surface area contributed by atoms with Gasteiger partial charge in [-0.25, -0.2) is 0 Å². The molecular formula is C18H26N3O+. The molecular weight excluding hydrogens is 274 g/mol. The van der Waals surface area contributed by atoms with Crippen LogP contribution in [0.15, 0.2) is 30.5 Å². The monoisotopic (exact) mass is 300 g/mol. The molecule has 1 aliphatic heterocycles. The number of aromatic amines is 1. The minimum absolute atomic E-state index is 0.147. The predicted octanol–water partition coefficient (Wildman–Crippen LogP) is 1.28. The van der Waals surface area contributed by atoms with Crippen molar-refractivity contribution in [1.82, 2.24) is 10.3 Å². The molecule has 2 heterocycles. The van der Waals surface area contributed by atoms with Crippen molar-refractivity contribution in [2.75, 3.05) is 19.6 Å². The Balaban J connectivity index is 1.53. The zero-order valence-corrected chi connectivity index (χ0v) is 13.3.